The normalized spacial score (nSPS) is 10.6. The summed E-state index contributed by atoms with van der Waals surface area (Å²) < 4.78 is 0. The van der Waals surface area contributed by atoms with Crippen LogP contribution in [0.25, 0.3) is 10.8 Å². The van der Waals surface area contributed by atoms with Gasteiger partial charge in [0.1, 0.15) is 0 Å². The van der Waals surface area contributed by atoms with Crippen molar-refractivity contribution in [2.75, 3.05) is 5.73 Å². The Morgan fingerprint density at radius 3 is 2.54 bits per heavy atom. The van der Waals surface area contributed by atoms with Gasteiger partial charge < -0.3 is 5.73 Å². The quantitative estimate of drug-likeness (QED) is 0.606. The van der Waals surface area contributed by atoms with Crippen LogP contribution in [0.5, 0.6) is 0 Å². The standard InChI is InChI=1S/C12H13N/c1-8-7-10-5-3-4-6-11(10)12(13)9(8)2/h3-7H,13H2,1-2H3. The molecule has 0 aliphatic heterocycles. The third kappa shape index (κ3) is 1.17. The second kappa shape index (κ2) is 2.77. The molecule has 0 bridgehead atoms. The Bertz CT molecular complexity index is 458. The Morgan fingerprint density at radius 1 is 1.08 bits per heavy atom. The van der Waals surface area contributed by atoms with Crippen LogP contribution in [-0.2, 0) is 0 Å². The lowest BCUT2D eigenvalue weighted by Crippen LogP contribution is -1.93. The van der Waals surface area contributed by atoms with E-state index in [2.05, 4.69) is 32.0 Å². The molecule has 0 aliphatic rings. The van der Waals surface area contributed by atoms with Crippen LogP contribution in [0.2, 0.25) is 0 Å². The molecule has 0 radical (unpaired) electrons. The Kier molecular flexibility index (Phi) is 1.73. The number of hydrogen-bond acceptors (Lipinski definition) is 1. The van der Waals surface area contributed by atoms with Crippen molar-refractivity contribution in [3.63, 3.8) is 0 Å². The molecule has 0 heterocycles. The van der Waals surface area contributed by atoms with Gasteiger partial charge in [0.2, 0.25) is 0 Å². The Labute approximate surface area is 78.2 Å². The summed E-state index contributed by atoms with van der Waals surface area (Å²) in [6, 6.07) is 10.4. The molecule has 0 fully saturated rings. The minimum Gasteiger partial charge on any atom is -0.398 e. The molecule has 0 saturated heterocycles. The highest BCUT2D eigenvalue weighted by Crippen LogP contribution is 2.26. The van der Waals surface area contributed by atoms with Gasteiger partial charge in [-0.15, -0.1) is 0 Å². The zero-order valence-electron chi connectivity index (χ0n) is 7.96. The van der Waals surface area contributed by atoms with Gasteiger partial charge in [-0.25, -0.2) is 0 Å². The Balaban J connectivity index is 2.94. The number of fused-ring (bicyclic) bond motifs is 1. The molecule has 0 spiro atoms. The largest absolute Gasteiger partial charge is 0.398 e. The maximum absolute atomic E-state index is 6.02. The van der Waals surface area contributed by atoms with Gasteiger partial charge in [0.05, 0.1) is 0 Å². The molecule has 0 aliphatic carbocycles. The fourth-order valence-corrected chi connectivity index (χ4v) is 1.62. The number of hydrogen-bond donors (Lipinski definition) is 1. The highest BCUT2D eigenvalue weighted by atomic mass is 14.6. The predicted octanol–water partition coefficient (Wildman–Crippen LogP) is 3.04. The van der Waals surface area contributed by atoms with Gasteiger partial charge in [-0.05, 0) is 30.4 Å². The van der Waals surface area contributed by atoms with Gasteiger partial charge >= 0.3 is 0 Å². The van der Waals surface area contributed by atoms with Crippen LogP contribution in [0.4, 0.5) is 5.69 Å². The molecule has 0 atom stereocenters. The van der Waals surface area contributed by atoms with E-state index < -0.39 is 0 Å². The molecule has 13 heavy (non-hydrogen) atoms. The SMILES string of the molecule is Cc1cc2ccccc2c(N)c1C. The van der Waals surface area contributed by atoms with Gasteiger partial charge in [-0.1, -0.05) is 30.3 Å². The molecule has 1 nitrogen and oxygen atoms in total. The van der Waals surface area contributed by atoms with Crippen molar-refractivity contribution in [2.45, 2.75) is 13.8 Å². The Hall–Kier alpha value is -1.50. The number of anilines is 1. The van der Waals surface area contributed by atoms with Gasteiger partial charge in [0.25, 0.3) is 0 Å². The lowest BCUT2D eigenvalue weighted by molar-refractivity contribution is 1.37. The second-order valence-electron chi connectivity index (χ2n) is 3.45. The monoisotopic (exact) mass is 171 g/mol. The van der Waals surface area contributed by atoms with Gasteiger partial charge in [-0.2, -0.15) is 0 Å². The lowest BCUT2D eigenvalue weighted by Gasteiger charge is -2.08. The van der Waals surface area contributed by atoms with E-state index in [4.69, 9.17) is 5.73 Å². The van der Waals surface area contributed by atoms with Crippen LogP contribution >= 0.6 is 0 Å². The van der Waals surface area contributed by atoms with Crippen molar-refractivity contribution in [2.24, 2.45) is 0 Å². The number of benzene rings is 2. The minimum absolute atomic E-state index is 0.913. The van der Waals surface area contributed by atoms with Gasteiger partial charge in [0, 0.05) is 11.1 Å². The third-order valence-electron chi connectivity index (χ3n) is 2.62. The van der Waals surface area contributed by atoms with Crippen LogP contribution in [0.15, 0.2) is 30.3 Å². The average Bonchev–Trinajstić information content (AvgIpc) is 2.15. The van der Waals surface area contributed by atoms with E-state index in [1.54, 1.807) is 0 Å². The summed E-state index contributed by atoms with van der Waals surface area (Å²) in [6.07, 6.45) is 0. The summed E-state index contributed by atoms with van der Waals surface area (Å²) in [4.78, 5) is 0. The van der Waals surface area contributed by atoms with Crippen LogP contribution in [0.3, 0.4) is 0 Å². The van der Waals surface area contributed by atoms with Crippen LogP contribution in [-0.4, -0.2) is 0 Å². The van der Waals surface area contributed by atoms with Crippen molar-refractivity contribution in [1.29, 1.82) is 0 Å². The molecule has 66 valence electrons. The molecule has 0 amide bonds. The van der Waals surface area contributed by atoms with E-state index in [1.165, 1.54) is 16.5 Å². The summed E-state index contributed by atoms with van der Waals surface area (Å²) >= 11 is 0. The first-order valence-electron chi connectivity index (χ1n) is 4.44. The van der Waals surface area contributed by atoms with Gasteiger partial charge in [-0.3, -0.25) is 0 Å². The molecule has 2 aromatic rings. The number of aryl methyl sites for hydroxylation is 1. The topological polar surface area (TPSA) is 26.0 Å². The molecular formula is C12H13N. The summed E-state index contributed by atoms with van der Waals surface area (Å²) in [5.41, 5.74) is 9.39. The Morgan fingerprint density at radius 2 is 1.77 bits per heavy atom. The van der Waals surface area contributed by atoms with Crippen molar-refractivity contribution < 1.29 is 0 Å². The summed E-state index contributed by atoms with van der Waals surface area (Å²) in [5, 5.41) is 2.38. The maximum atomic E-state index is 6.02. The fraction of sp³-hybridized carbons (Fsp3) is 0.167. The fourth-order valence-electron chi connectivity index (χ4n) is 1.62. The van der Waals surface area contributed by atoms with E-state index in [0.29, 0.717) is 0 Å². The van der Waals surface area contributed by atoms with E-state index in [0.717, 1.165) is 11.1 Å². The smallest absolute Gasteiger partial charge is 0.0426 e. The van der Waals surface area contributed by atoms with Crippen LogP contribution in [0.1, 0.15) is 11.1 Å². The molecule has 2 N–H and O–H groups in total. The first-order valence-corrected chi connectivity index (χ1v) is 4.44. The van der Waals surface area contributed by atoms with Crippen molar-refractivity contribution in [1.82, 2.24) is 0 Å². The number of rotatable bonds is 0. The first kappa shape index (κ1) is 8.11. The zero-order chi connectivity index (χ0) is 9.42. The highest BCUT2D eigenvalue weighted by molar-refractivity contribution is 5.95. The molecule has 0 aromatic heterocycles. The molecule has 2 aromatic carbocycles. The van der Waals surface area contributed by atoms with Crippen LogP contribution in [0, 0.1) is 13.8 Å². The molecule has 0 saturated carbocycles. The highest BCUT2D eigenvalue weighted by Gasteiger charge is 2.02. The predicted molar refractivity (Wildman–Crippen MR) is 57.8 cm³/mol. The van der Waals surface area contributed by atoms with Crippen molar-refractivity contribution in [3.8, 4) is 0 Å². The average molecular weight is 171 g/mol. The first-order chi connectivity index (χ1) is 6.20. The van der Waals surface area contributed by atoms with E-state index >= 15 is 0 Å². The number of nitrogens with two attached hydrogens (primary N) is 1. The molecular weight excluding hydrogens is 158 g/mol. The molecule has 2 rings (SSSR count). The number of nitrogen functional groups attached to an aromatic ring is 1. The lowest BCUT2D eigenvalue weighted by atomic mass is 10.0. The molecule has 1 heteroatoms. The summed E-state index contributed by atoms with van der Waals surface area (Å²) in [6.45, 7) is 4.16. The third-order valence-corrected chi connectivity index (χ3v) is 2.62. The van der Waals surface area contributed by atoms with Crippen molar-refractivity contribution in [3.05, 3.63) is 41.5 Å². The summed E-state index contributed by atoms with van der Waals surface area (Å²) in [5.74, 6) is 0. The summed E-state index contributed by atoms with van der Waals surface area (Å²) in [7, 11) is 0. The second-order valence-corrected chi connectivity index (χ2v) is 3.45. The molecule has 0 unspecified atom stereocenters. The minimum atomic E-state index is 0.913. The zero-order valence-corrected chi connectivity index (χ0v) is 7.96. The van der Waals surface area contributed by atoms with E-state index in [1.807, 2.05) is 12.1 Å². The van der Waals surface area contributed by atoms with Crippen molar-refractivity contribution >= 4 is 16.5 Å². The van der Waals surface area contributed by atoms with E-state index in [9.17, 15) is 0 Å². The maximum Gasteiger partial charge on any atom is 0.0426 e. The van der Waals surface area contributed by atoms with Gasteiger partial charge in [0.15, 0.2) is 0 Å². The van der Waals surface area contributed by atoms with E-state index in [-0.39, 0.29) is 0 Å². The van der Waals surface area contributed by atoms with Crippen LogP contribution < -0.4 is 5.73 Å².